The number of alkyl halides is 6. The number of ketones is 2. The fourth-order valence-electron chi connectivity index (χ4n) is 7.54. The molecule has 1 fully saturated rings. The number of carbonyl (C=O) groups excluding carboxylic acids is 4. The van der Waals surface area contributed by atoms with E-state index in [1.54, 1.807) is 42.5 Å². The number of phenolic OH excluding ortho intramolecular Hbond substituents is 1. The summed E-state index contributed by atoms with van der Waals surface area (Å²) in [5, 5.41) is 12.6. The standard InChI is InChI=1S/C35H23F6NO5/c1-15-10-26(43)25-14-24-21(27(29(25)30(15)44)22-7-6-16-4-2-3-5-20(16)31(22)45)8-9-23-28(24)33(47)42(32(23)46)19-12-17(34(36,37)38)11-18(13-19)35(39,40)41/h2-8,10-13,23-24,27-28,45H,9,14H2,1H3/t23-,24+,27+,28-/m0/s1. The average Bonchev–Trinajstić information content (AvgIpc) is 3.27. The number of carbonyl (C=O) groups is 4. The van der Waals surface area contributed by atoms with E-state index in [9.17, 15) is 50.6 Å². The third-order valence-electron chi connectivity index (χ3n) is 9.64. The highest BCUT2D eigenvalue weighted by molar-refractivity contribution is 6.25. The van der Waals surface area contributed by atoms with Crippen LogP contribution in [0.2, 0.25) is 0 Å². The maximum Gasteiger partial charge on any atom is 0.416 e. The fraction of sp³-hybridized carbons (Fsp3) is 0.257. The zero-order valence-corrected chi connectivity index (χ0v) is 24.4. The van der Waals surface area contributed by atoms with Gasteiger partial charge in [-0.15, -0.1) is 0 Å². The summed E-state index contributed by atoms with van der Waals surface area (Å²) in [7, 11) is 0. The molecule has 0 bridgehead atoms. The third-order valence-corrected chi connectivity index (χ3v) is 9.64. The number of imide groups is 1. The third kappa shape index (κ3) is 4.63. The van der Waals surface area contributed by atoms with E-state index < -0.39 is 76.2 Å². The number of anilines is 1. The number of Topliss-reactive ketones (excluding diaryl/α,β-unsaturated/α-hetero) is 1. The largest absolute Gasteiger partial charge is 0.507 e. The Labute approximate surface area is 262 Å². The molecule has 47 heavy (non-hydrogen) atoms. The molecular weight excluding hydrogens is 628 g/mol. The van der Waals surface area contributed by atoms with E-state index in [0.29, 0.717) is 33.4 Å². The Morgan fingerprint density at radius 1 is 0.830 bits per heavy atom. The van der Waals surface area contributed by atoms with Gasteiger partial charge in [-0.3, -0.25) is 19.2 Å². The number of nitrogens with zero attached hydrogens (tertiary/aromatic N) is 1. The van der Waals surface area contributed by atoms with Crippen LogP contribution in [0.3, 0.4) is 0 Å². The summed E-state index contributed by atoms with van der Waals surface area (Å²) in [5.74, 6) is -7.36. The molecule has 2 amide bonds. The van der Waals surface area contributed by atoms with Crippen LogP contribution in [0.15, 0.2) is 89.0 Å². The van der Waals surface area contributed by atoms with Crippen molar-refractivity contribution in [1.29, 1.82) is 0 Å². The van der Waals surface area contributed by atoms with E-state index in [-0.39, 0.29) is 46.9 Å². The molecule has 3 aromatic carbocycles. The molecular formula is C35H23F6NO5. The smallest absolute Gasteiger partial charge is 0.416 e. The van der Waals surface area contributed by atoms with Crippen molar-refractivity contribution in [2.45, 2.75) is 38.0 Å². The van der Waals surface area contributed by atoms with Gasteiger partial charge in [0.25, 0.3) is 0 Å². The van der Waals surface area contributed by atoms with Crippen LogP contribution in [-0.4, -0.2) is 28.5 Å². The van der Waals surface area contributed by atoms with Crippen LogP contribution in [0.5, 0.6) is 5.75 Å². The van der Waals surface area contributed by atoms with Gasteiger partial charge in [-0.1, -0.05) is 48.0 Å². The van der Waals surface area contributed by atoms with Crippen LogP contribution in [0.25, 0.3) is 10.8 Å². The Kier molecular flexibility index (Phi) is 6.68. The SMILES string of the molecule is CC1=CC(=O)C2=C(C1=O)[C@@H](c1ccc3ccccc3c1O)C1=CC[C@@H]3C(=O)N(c4cc(C(F)(F)F)cc(C(F)(F)F)c4)C(=O)[C@@H]3[C@@H]1C2. The molecule has 3 aromatic rings. The minimum atomic E-state index is -5.20. The molecule has 0 saturated carbocycles. The number of phenols is 1. The van der Waals surface area contributed by atoms with Gasteiger partial charge in [0.15, 0.2) is 11.6 Å². The van der Waals surface area contributed by atoms with Crippen LogP contribution in [-0.2, 0) is 31.5 Å². The molecule has 1 aliphatic heterocycles. The summed E-state index contributed by atoms with van der Waals surface area (Å²) >= 11 is 0. The van der Waals surface area contributed by atoms with Crippen molar-refractivity contribution in [1.82, 2.24) is 0 Å². The van der Waals surface area contributed by atoms with Crippen LogP contribution in [0.4, 0.5) is 32.0 Å². The fourth-order valence-corrected chi connectivity index (χ4v) is 7.54. The number of aromatic hydroxyl groups is 1. The maximum atomic E-state index is 14.1. The Morgan fingerprint density at radius 2 is 1.49 bits per heavy atom. The van der Waals surface area contributed by atoms with Crippen LogP contribution in [0, 0.1) is 17.8 Å². The highest BCUT2D eigenvalue weighted by Crippen LogP contribution is 2.57. The number of amides is 2. The molecule has 12 heteroatoms. The molecule has 4 aliphatic rings. The molecule has 7 rings (SSSR count). The zero-order valence-electron chi connectivity index (χ0n) is 24.4. The molecule has 0 aromatic heterocycles. The average molecular weight is 652 g/mol. The second kappa shape index (κ2) is 10.2. The van der Waals surface area contributed by atoms with Gasteiger partial charge in [-0.2, -0.15) is 26.3 Å². The molecule has 0 radical (unpaired) electrons. The predicted molar refractivity (Wildman–Crippen MR) is 156 cm³/mol. The number of hydrogen-bond donors (Lipinski definition) is 1. The monoisotopic (exact) mass is 651 g/mol. The number of hydrogen-bond acceptors (Lipinski definition) is 5. The van der Waals surface area contributed by atoms with Crippen LogP contribution < -0.4 is 4.90 Å². The first-order valence-corrected chi connectivity index (χ1v) is 14.7. The lowest BCUT2D eigenvalue weighted by molar-refractivity contribution is -0.143. The van der Waals surface area contributed by atoms with Crippen molar-refractivity contribution in [3.05, 3.63) is 106 Å². The first-order chi connectivity index (χ1) is 22.1. The summed E-state index contributed by atoms with van der Waals surface area (Å²) < 4.78 is 82.0. The van der Waals surface area contributed by atoms with Crippen molar-refractivity contribution in [3.8, 4) is 5.75 Å². The molecule has 6 nitrogen and oxygen atoms in total. The Hall–Kier alpha value is -5.00. The molecule has 0 spiro atoms. The van der Waals surface area contributed by atoms with Gasteiger partial charge < -0.3 is 5.11 Å². The molecule has 3 aliphatic carbocycles. The molecule has 0 unspecified atom stereocenters. The minimum absolute atomic E-state index is 0.0816. The number of benzene rings is 3. The van der Waals surface area contributed by atoms with Crippen molar-refractivity contribution in [2.75, 3.05) is 4.90 Å². The first kappa shape index (κ1) is 30.6. The van der Waals surface area contributed by atoms with Crippen molar-refractivity contribution >= 4 is 39.8 Å². The Balaban J connectivity index is 1.37. The molecule has 1 saturated heterocycles. The molecule has 4 atom stereocenters. The maximum absolute atomic E-state index is 14.1. The minimum Gasteiger partial charge on any atom is -0.507 e. The summed E-state index contributed by atoms with van der Waals surface area (Å²) in [5.41, 5.74) is -3.08. The van der Waals surface area contributed by atoms with E-state index in [0.717, 1.165) is 0 Å². The summed E-state index contributed by atoms with van der Waals surface area (Å²) in [4.78, 5) is 55.1. The molecule has 240 valence electrons. The van der Waals surface area contributed by atoms with Gasteiger partial charge in [-0.05, 0) is 55.3 Å². The van der Waals surface area contributed by atoms with Crippen molar-refractivity contribution in [2.24, 2.45) is 17.8 Å². The number of allylic oxidation sites excluding steroid dienone is 6. The quantitative estimate of drug-likeness (QED) is 0.137. The van der Waals surface area contributed by atoms with E-state index in [4.69, 9.17) is 0 Å². The van der Waals surface area contributed by atoms with Crippen molar-refractivity contribution < 1.29 is 50.6 Å². The first-order valence-electron chi connectivity index (χ1n) is 14.7. The van der Waals surface area contributed by atoms with Crippen LogP contribution in [0.1, 0.15) is 42.4 Å². The lowest BCUT2D eigenvalue weighted by Gasteiger charge is -2.42. The highest BCUT2D eigenvalue weighted by Gasteiger charge is 2.57. The lowest BCUT2D eigenvalue weighted by Crippen LogP contribution is -2.39. The van der Waals surface area contributed by atoms with Crippen molar-refractivity contribution in [3.63, 3.8) is 0 Å². The van der Waals surface area contributed by atoms with E-state index in [1.165, 1.54) is 13.0 Å². The molecule has 1 N–H and O–H groups in total. The highest BCUT2D eigenvalue weighted by atomic mass is 19.4. The number of halogens is 6. The second-order valence-electron chi connectivity index (χ2n) is 12.2. The normalized spacial score (nSPS) is 24.7. The van der Waals surface area contributed by atoms with E-state index >= 15 is 0 Å². The topological polar surface area (TPSA) is 91.8 Å². The number of rotatable bonds is 2. The lowest BCUT2D eigenvalue weighted by atomic mass is 9.59. The Morgan fingerprint density at radius 3 is 2.15 bits per heavy atom. The summed E-state index contributed by atoms with van der Waals surface area (Å²) in [6.07, 6.45) is -7.86. The Bertz CT molecular complexity index is 2020. The predicted octanol–water partition coefficient (Wildman–Crippen LogP) is 7.22. The number of fused-ring (bicyclic) bond motifs is 4. The van der Waals surface area contributed by atoms with Gasteiger partial charge in [0.2, 0.25) is 11.8 Å². The van der Waals surface area contributed by atoms with Gasteiger partial charge in [-0.25, -0.2) is 4.90 Å². The van der Waals surface area contributed by atoms with Gasteiger partial charge in [0, 0.05) is 33.6 Å². The summed E-state index contributed by atoms with van der Waals surface area (Å²) in [6.45, 7) is 1.49. The second-order valence-corrected chi connectivity index (χ2v) is 12.2. The van der Waals surface area contributed by atoms with E-state index in [2.05, 4.69) is 0 Å². The van der Waals surface area contributed by atoms with E-state index in [1.807, 2.05) is 0 Å². The zero-order chi connectivity index (χ0) is 33.7. The van der Waals surface area contributed by atoms with Crippen LogP contribution >= 0.6 is 0 Å². The molecule has 1 heterocycles. The van der Waals surface area contributed by atoms with Gasteiger partial charge >= 0.3 is 12.4 Å². The van der Waals surface area contributed by atoms with Gasteiger partial charge in [0.1, 0.15) is 5.75 Å². The summed E-state index contributed by atoms with van der Waals surface area (Å²) in [6, 6.07) is 10.9. The van der Waals surface area contributed by atoms with Gasteiger partial charge in [0.05, 0.1) is 28.7 Å².